The summed E-state index contributed by atoms with van der Waals surface area (Å²) < 4.78 is 21.8. The number of amides is 1. The molecule has 1 amide bonds. The molecule has 0 aliphatic carbocycles. The van der Waals surface area contributed by atoms with Crippen molar-refractivity contribution in [2.24, 2.45) is 5.73 Å². The Morgan fingerprint density at radius 2 is 2.00 bits per heavy atom. The van der Waals surface area contributed by atoms with Crippen LogP contribution in [0.2, 0.25) is 0 Å². The predicted molar refractivity (Wildman–Crippen MR) is 66.2 cm³/mol. The number of carbonyl (C=O) groups excluding carboxylic acids is 1. The van der Waals surface area contributed by atoms with E-state index in [9.17, 15) is 13.2 Å². The third-order valence-electron chi connectivity index (χ3n) is 2.27. The molecule has 0 fully saturated rings. The molecule has 1 unspecified atom stereocenters. The van der Waals surface area contributed by atoms with E-state index in [-0.39, 0.29) is 24.7 Å². The predicted octanol–water partition coefficient (Wildman–Crippen LogP) is -0.973. The molecule has 7 heteroatoms. The van der Waals surface area contributed by atoms with Gasteiger partial charge in [-0.25, -0.2) is 8.42 Å². The van der Waals surface area contributed by atoms with Crippen molar-refractivity contribution in [2.75, 3.05) is 25.2 Å². The lowest BCUT2D eigenvalue weighted by Gasteiger charge is -2.11. The topological polar surface area (TPSA) is 109 Å². The van der Waals surface area contributed by atoms with Gasteiger partial charge >= 0.3 is 0 Å². The summed E-state index contributed by atoms with van der Waals surface area (Å²) in [7, 11) is -3.07. The highest BCUT2D eigenvalue weighted by Crippen LogP contribution is 1.95. The number of unbranched alkanes of at least 4 members (excludes halogenated alkanes) is 2. The second-order valence-electron chi connectivity index (χ2n) is 4.10. The fraction of sp³-hybridized carbons (Fsp3) is 0.900. The third-order valence-corrected chi connectivity index (χ3v) is 3.25. The van der Waals surface area contributed by atoms with Crippen LogP contribution in [0.5, 0.6) is 0 Å². The number of hydrogen-bond donors (Lipinski definition) is 3. The lowest BCUT2D eigenvalue weighted by molar-refractivity contribution is -0.122. The van der Waals surface area contributed by atoms with Crippen molar-refractivity contribution in [3.05, 3.63) is 0 Å². The molecule has 0 aromatic rings. The Morgan fingerprint density at radius 1 is 1.35 bits per heavy atom. The molecule has 0 heterocycles. The van der Waals surface area contributed by atoms with E-state index < -0.39 is 15.9 Å². The van der Waals surface area contributed by atoms with Gasteiger partial charge < -0.3 is 16.2 Å². The molecule has 0 spiro atoms. The molecule has 0 aromatic carbocycles. The monoisotopic (exact) mass is 266 g/mol. The highest BCUT2D eigenvalue weighted by molar-refractivity contribution is 7.90. The van der Waals surface area contributed by atoms with E-state index >= 15 is 0 Å². The number of hydrogen-bond acceptors (Lipinski definition) is 5. The van der Waals surface area contributed by atoms with Crippen molar-refractivity contribution >= 4 is 15.7 Å². The zero-order chi connectivity index (χ0) is 13.3. The molecule has 0 saturated carbocycles. The number of aliphatic hydroxyl groups is 1. The fourth-order valence-corrected chi connectivity index (χ4v) is 1.91. The van der Waals surface area contributed by atoms with Crippen LogP contribution in [-0.2, 0) is 14.6 Å². The molecule has 102 valence electrons. The van der Waals surface area contributed by atoms with Gasteiger partial charge in [-0.15, -0.1) is 0 Å². The molecule has 4 N–H and O–H groups in total. The minimum atomic E-state index is -3.07. The van der Waals surface area contributed by atoms with E-state index in [0.29, 0.717) is 6.54 Å². The van der Waals surface area contributed by atoms with Gasteiger partial charge in [-0.2, -0.15) is 0 Å². The standard InChI is InChI=1S/C10H22N2O4S/c1-17(15,16)8-5-9(11)10(14)12-6-3-2-4-7-13/h9,13H,2-8,11H2,1H3,(H,12,14). The van der Waals surface area contributed by atoms with Crippen LogP contribution in [-0.4, -0.2) is 50.6 Å². The van der Waals surface area contributed by atoms with Gasteiger partial charge in [0.05, 0.1) is 11.8 Å². The second-order valence-corrected chi connectivity index (χ2v) is 6.36. The average Bonchev–Trinajstić information content (AvgIpc) is 2.24. The molecule has 0 saturated heterocycles. The average molecular weight is 266 g/mol. The Balaban J connectivity index is 3.68. The summed E-state index contributed by atoms with van der Waals surface area (Å²) in [4.78, 5) is 11.4. The Kier molecular flexibility index (Phi) is 8.11. The highest BCUT2D eigenvalue weighted by atomic mass is 32.2. The van der Waals surface area contributed by atoms with Crippen LogP contribution in [0.25, 0.3) is 0 Å². The maximum absolute atomic E-state index is 11.4. The molecule has 17 heavy (non-hydrogen) atoms. The van der Waals surface area contributed by atoms with Crippen LogP contribution < -0.4 is 11.1 Å². The van der Waals surface area contributed by atoms with Crippen LogP contribution in [0.15, 0.2) is 0 Å². The van der Waals surface area contributed by atoms with E-state index in [1.54, 1.807) is 0 Å². The SMILES string of the molecule is CS(=O)(=O)CCC(N)C(=O)NCCCCCO. The lowest BCUT2D eigenvalue weighted by atomic mass is 10.2. The zero-order valence-corrected chi connectivity index (χ0v) is 11.0. The van der Waals surface area contributed by atoms with Crippen LogP contribution in [0.1, 0.15) is 25.7 Å². The number of nitrogens with one attached hydrogen (secondary N) is 1. The molecular formula is C10H22N2O4S. The Morgan fingerprint density at radius 3 is 2.53 bits per heavy atom. The molecular weight excluding hydrogens is 244 g/mol. The van der Waals surface area contributed by atoms with Gasteiger partial charge in [0.25, 0.3) is 0 Å². The summed E-state index contributed by atoms with van der Waals surface area (Å²) >= 11 is 0. The van der Waals surface area contributed by atoms with E-state index in [4.69, 9.17) is 10.8 Å². The second kappa shape index (κ2) is 8.43. The molecule has 0 aliphatic rings. The summed E-state index contributed by atoms with van der Waals surface area (Å²) in [6.45, 7) is 0.660. The highest BCUT2D eigenvalue weighted by Gasteiger charge is 2.15. The first-order valence-electron chi connectivity index (χ1n) is 5.68. The van der Waals surface area contributed by atoms with Gasteiger partial charge in [0.2, 0.25) is 5.91 Å². The third kappa shape index (κ3) is 10.2. The number of rotatable bonds is 9. The van der Waals surface area contributed by atoms with E-state index in [2.05, 4.69) is 5.32 Å². The molecule has 0 bridgehead atoms. The Bertz CT molecular complexity index is 316. The number of sulfone groups is 1. The van der Waals surface area contributed by atoms with Crippen molar-refractivity contribution in [1.29, 1.82) is 0 Å². The summed E-state index contributed by atoms with van der Waals surface area (Å²) in [5, 5.41) is 11.2. The molecule has 0 aliphatic heterocycles. The van der Waals surface area contributed by atoms with Crippen molar-refractivity contribution in [1.82, 2.24) is 5.32 Å². The number of carbonyl (C=O) groups is 1. The first-order valence-corrected chi connectivity index (χ1v) is 7.74. The van der Waals surface area contributed by atoms with E-state index in [0.717, 1.165) is 25.5 Å². The van der Waals surface area contributed by atoms with Gasteiger partial charge in [0.15, 0.2) is 0 Å². The van der Waals surface area contributed by atoms with E-state index in [1.807, 2.05) is 0 Å². The van der Waals surface area contributed by atoms with Crippen molar-refractivity contribution in [3.63, 3.8) is 0 Å². The van der Waals surface area contributed by atoms with Gasteiger partial charge in [0.1, 0.15) is 9.84 Å². The largest absolute Gasteiger partial charge is 0.396 e. The van der Waals surface area contributed by atoms with Gasteiger partial charge in [0, 0.05) is 19.4 Å². The van der Waals surface area contributed by atoms with Crippen LogP contribution in [0, 0.1) is 0 Å². The fourth-order valence-electron chi connectivity index (χ4n) is 1.23. The lowest BCUT2D eigenvalue weighted by Crippen LogP contribution is -2.41. The molecule has 1 atom stereocenters. The van der Waals surface area contributed by atoms with Crippen LogP contribution in [0.4, 0.5) is 0 Å². The summed E-state index contributed by atoms with van der Waals surface area (Å²) in [6, 6.07) is -0.775. The maximum Gasteiger partial charge on any atom is 0.236 e. The van der Waals surface area contributed by atoms with Crippen LogP contribution >= 0.6 is 0 Å². The summed E-state index contributed by atoms with van der Waals surface area (Å²) in [6.07, 6.45) is 3.60. The van der Waals surface area contributed by atoms with Crippen LogP contribution in [0.3, 0.4) is 0 Å². The van der Waals surface area contributed by atoms with Gasteiger partial charge in [-0.1, -0.05) is 0 Å². The minimum absolute atomic E-state index is 0.0773. The summed E-state index contributed by atoms with van der Waals surface area (Å²) in [5.74, 6) is -0.399. The van der Waals surface area contributed by atoms with Crippen molar-refractivity contribution < 1.29 is 18.3 Å². The van der Waals surface area contributed by atoms with E-state index in [1.165, 1.54) is 0 Å². The minimum Gasteiger partial charge on any atom is -0.396 e. The molecule has 0 rings (SSSR count). The molecule has 0 aromatic heterocycles. The quantitative estimate of drug-likeness (QED) is 0.465. The summed E-state index contributed by atoms with van der Waals surface area (Å²) in [5.41, 5.74) is 5.55. The first kappa shape index (κ1) is 16.3. The molecule has 6 nitrogen and oxygen atoms in total. The zero-order valence-electron chi connectivity index (χ0n) is 10.2. The molecule has 0 radical (unpaired) electrons. The number of nitrogens with two attached hydrogens (primary N) is 1. The Hall–Kier alpha value is -0.660. The Labute approximate surface area is 102 Å². The van der Waals surface area contributed by atoms with Gasteiger partial charge in [-0.3, -0.25) is 4.79 Å². The normalized spacial score (nSPS) is 13.4. The van der Waals surface area contributed by atoms with Gasteiger partial charge in [-0.05, 0) is 25.7 Å². The van der Waals surface area contributed by atoms with Crippen molar-refractivity contribution in [3.8, 4) is 0 Å². The maximum atomic E-state index is 11.4. The smallest absolute Gasteiger partial charge is 0.236 e. The first-order chi connectivity index (χ1) is 7.87. The number of aliphatic hydroxyl groups excluding tert-OH is 1. The van der Waals surface area contributed by atoms with Crippen molar-refractivity contribution in [2.45, 2.75) is 31.7 Å².